The molecule has 0 aliphatic heterocycles. The SMILES string of the molecule is COc1ccc(C(=O)Nc2ccc(NN=C(C#N)C#N)cc2OC)cc1. The summed E-state index contributed by atoms with van der Waals surface area (Å²) >= 11 is 0. The number of benzene rings is 2. The second-order valence-electron chi connectivity index (χ2n) is 4.89. The van der Waals surface area contributed by atoms with Crippen LogP contribution in [0.5, 0.6) is 11.5 Å². The monoisotopic (exact) mass is 349 g/mol. The summed E-state index contributed by atoms with van der Waals surface area (Å²) in [5.41, 5.74) is 3.70. The quantitative estimate of drug-likeness (QED) is 0.611. The number of anilines is 2. The van der Waals surface area contributed by atoms with Crippen LogP contribution in [0.1, 0.15) is 10.4 Å². The van der Waals surface area contributed by atoms with Crippen LogP contribution in [0.4, 0.5) is 11.4 Å². The molecule has 0 aromatic heterocycles. The number of hydrogen-bond acceptors (Lipinski definition) is 7. The first-order chi connectivity index (χ1) is 12.6. The van der Waals surface area contributed by atoms with Gasteiger partial charge >= 0.3 is 0 Å². The molecule has 130 valence electrons. The van der Waals surface area contributed by atoms with Crippen LogP contribution in [0.25, 0.3) is 0 Å². The second kappa shape index (κ2) is 8.71. The molecule has 1 amide bonds. The summed E-state index contributed by atoms with van der Waals surface area (Å²) in [6.45, 7) is 0. The fourth-order valence-electron chi connectivity index (χ4n) is 2.00. The van der Waals surface area contributed by atoms with Gasteiger partial charge in [-0.1, -0.05) is 0 Å². The number of ether oxygens (including phenoxy) is 2. The summed E-state index contributed by atoms with van der Waals surface area (Å²) in [4.78, 5) is 12.3. The molecule has 8 heteroatoms. The topological polar surface area (TPSA) is 120 Å². The summed E-state index contributed by atoms with van der Waals surface area (Å²) in [6.07, 6.45) is 0. The molecule has 2 aromatic rings. The number of methoxy groups -OCH3 is 2. The van der Waals surface area contributed by atoms with Crippen LogP contribution >= 0.6 is 0 Å². The Labute approximate surface area is 150 Å². The van der Waals surface area contributed by atoms with E-state index in [-0.39, 0.29) is 11.6 Å². The Balaban J connectivity index is 2.16. The van der Waals surface area contributed by atoms with Gasteiger partial charge in [-0.25, -0.2) is 0 Å². The van der Waals surface area contributed by atoms with Gasteiger partial charge in [-0.3, -0.25) is 10.2 Å². The van der Waals surface area contributed by atoms with E-state index in [4.69, 9.17) is 20.0 Å². The molecule has 0 fully saturated rings. The number of rotatable bonds is 6. The molecule has 0 saturated heterocycles. The van der Waals surface area contributed by atoms with Crippen molar-refractivity contribution in [1.82, 2.24) is 0 Å². The van der Waals surface area contributed by atoms with Gasteiger partial charge in [0.2, 0.25) is 5.71 Å². The molecule has 0 bridgehead atoms. The molecule has 0 aliphatic carbocycles. The zero-order chi connectivity index (χ0) is 18.9. The first-order valence-electron chi connectivity index (χ1n) is 7.38. The van der Waals surface area contributed by atoms with Gasteiger partial charge in [-0.05, 0) is 36.4 Å². The Bertz CT molecular complexity index is 892. The molecule has 8 nitrogen and oxygen atoms in total. The van der Waals surface area contributed by atoms with E-state index >= 15 is 0 Å². The third kappa shape index (κ3) is 4.49. The van der Waals surface area contributed by atoms with E-state index in [1.165, 1.54) is 7.11 Å². The van der Waals surface area contributed by atoms with Gasteiger partial charge in [0.25, 0.3) is 5.91 Å². The lowest BCUT2D eigenvalue weighted by Gasteiger charge is -2.12. The number of nitrogens with zero attached hydrogens (tertiary/aromatic N) is 3. The molecule has 0 unspecified atom stereocenters. The zero-order valence-electron chi connectivity index (χ0n) is 14.1. The minimum Gasteiger partial charge on any atom is -0.497 e. The molecule has 0 spiro atoms. The van der Waals surface area contributed by atoms with Crippen LogP contribution in [0.2, 0.25) is 0 Å². The van der Waals surface area contributed by atoms with Gasteiger partial charge in [-0.2, -0.15) is 15.6 Å². The van der Waals surface area contributed by atoms with Crippen LogP contribution in [0.15, 0.2) is 47.6 Å². The van der Waals surface area contributed by atoms with E-state index in [1.807, 2.05) is 0 Å². The molecule has 2 N–H and O–H groups in total. The highest BCUT2D eigenvalue weighted by Crippen LogP contribution is 2.28. The molecular formula is C18H15N5O3. The number of nitriles is 2. The maximum Gasteiger partial charge on any atom is 0.255 e. The molecule has 0 saturated carbocycles. The number of carbonyl (C=O) groups is 1. The second-order valence-corrected chi connectivity index (χ2v) is 4.89. The molecule has 0 atom stereocenters. The van der Waals surface area contributed by atoms with Gasteiger partial charge in [0.05, 0.1) is 25.6 Å². The Morgan fingerprint density at radius 1 is 1.04 bits per heavy atom. The first-order valence-corrected chi connectivity index (χ1v) is 7.38. The number of hydrogen-bond donors (Lipinski definition) is 2. The highest BCUT2D eigenvalue weighted by atomic mass is 16.5. The van der Waals surface area contributed by atoms with Gasteiger partial charge in [0.15, 0.2) is 0 Å². The van der Waals surface area contributed by atoms with Crippen molar-refractivity contribution in [1.29, 1.82) is 10.5 Å². The lowest BCUT2D eigenvalue weighted by molar-refractivity contribution is 0.102. The normalized spacial score (nSPS) is 9.23. The average Bonchev–Trinajstić information content (AvgIpc) is 2.69. The van der Waals surface area contributed by atoms with Crippen molar-refractivity contribution in [3.8, 4) is 23.6 Å². The van der Waals surface area contributed by atoms with Gasteiger partial charge in [0, 0.05) is 11.6 Å². The van der Waals surface area contributed by atoms with E-state index in [1.54, 1.807) is 61.7 Å². The molecule has 0 aliphatic rings. The van der Waals surface area contributed by atoms with E-state index in [0.717, 1.165) is 0 Å². The smallest absolute Gasteiger partial charge is 0.255 e. The summed E-state index contributed by atoms with van der Waals surface area (Å²) < 4.78 is 10.3. The summed E-state index contributed by atoms with van der Waals surface area (Å²) in [6, 6.07) is 14.8. The maximum atomic E-state index is 12.3. The Kier molecular flexibility index (Phi) is 6.13. The molecule has 26 heavy (non-hydrogen) atoms. The largest absolute Gasteiger partial charge is 0.497 e. The fourth-order valence-corrected chi connectivity index (χ4v) is 2.00. The van der Waals surface area contributed by atoms with E-state index in [0.29, 0.717) is 28.4 Å². The van der Waals surface area contributed by atoms with Crippen molar-refractivity contribution < 1.29 is 14.3 Å². The number of carbonyl (C=O) groups excluding carboxylic acids is 1. The minimum absolute atomic E-state index is 0.305. The summed E-state index contributed by atoms with van der Waals surface area (Å²) in [5, 5.41) is 23.7. The Morgan fingerprint density at radius 2 is 1.73 bits per heavy atom. The van der Waals surface area contributed by atoms with Gasteiger partial charge < -0.3 is 14.8 Å². The Hall–Kier alpha value is -4.04. The third-order valence-corrected chi connectivity index (χ3v) is 3.31. The van der Waals surface area contributed by atoms with Crippen molar-refractivity contribution in [3.63, 3.8) is 0 Å². The molecule has 2 aromatic carbocycles. The van der Waals surface area contributed by atoms with E-state index in [2.05, 4.69) is 15.8 Å². The van der Waals surface area contributed by atoms with E-state index in [9.17, 15) is 4.79 Å². The van der Waals surface area contributed by atoms with Crippen molar-refractivity contribution in [2.24, 2.45) is 5.10 Å². The molecular weight excluding hydrogens is 334 g/mol. The van der Waals surface area contributed by atoms with Crippen LogP contribution in [0.3, 0.4) is 0 Å². The van der Waals surface area contributed by atoms with Crippen molar-refractivity contribution in [2.75, 3.05) is 25.0 Å². The maximum absolute atomic E-state index is 12.3. The van der Waals surface area contributed by atoms with Crippen molar-refractivity contribution in [2.45, 2.75) is 0 Å². The predicted molar refractivity (Wildman–Crippen MR) is 96.2 cm³/mol. The highest BCUT2D eigenvalue weighted by Gasteiger charge is 2.11. The standard InChI is InChI=1S/C18H15N5O3/c1-25-15-6-3-12(4-7-15)18(24)21-16-8-5-13(9-17(16)26-2)22-23-14(10-19)11-20/h3-9,22H,1-2H3,(H,21,24). The fraction of sp³-hybridized carbons (Fsp3) is 0.111. The third-order valence-electron chi connectivity index (χ3n) is 3.31. The summed E-state index contributed by atoms with van der Waals surface area (Å²) in [5.74, 6) is 0.743. The van der Waals surface area contributed by atoms with Crippen LogP contribution in [-0.2, 0) is 0 Å². The number of hydrazone groups is 1. The van der Waals surface area contributed by atoms with Crippen LogP contribution < -0.4 is 20.2 Å². The van der Waals surface area contributed by atoms with Crippen LogP contribution in [-0.4, -0.2) is 25.8 Å². The molecule has 2 rings (SSSR count). The lowest BCUT2D eigenvalue weighted by atomic mass is 10.2. The average molecular weight is 349 g/mol. The van der Waals surface area contributed by atoms with Gasteiger partial charge in [-0.15, -0.1) is 0 Å². The van der Waals surface area contributed by atoms with Crippen LogP contribution in [0, 0.1) is 22.7 Å². The zero-order valence-corrected chi connectivity index (χ0v) is 14.1. The van der Waals surface area contributed by atoms with Gasteiger partial charge in [0.1, 0.15) is 23.6 Å². The van der Waals surface area contributed by atoms with E-state index < -0.39 is 0 Å². The minimum atomic E-state index is -0.305. The Morgan fingerprint density at radius 3 is 2.31 bits per heavy atom. The number of nitrogens with one attached hydrogen (secondary N) is 2. The first kappa shape index (κ1) is 18.3. The predicted octanol–water partition coefficient (Wildman–Crippen LogP) is 2.77. The molecule has 0 radical (unpaired) electrons. The molecule has 0 heterocycles. The summed E-state index contributed by atoms with van der Waals surface area (Å²) in [7, 11) is 3.01. The van der Waals surface area contributed by atoms with Crippen molar-refractivity contribution in [3.05, 3.63) is 48.0 Å². The highest BCUT2D eigenvalue weighted by molar-refractivity contribution is 6.10. The lowest BCUT2D eigenvalue weighted by Crippen LogP contribution is -2.12. The number of amides is 1. The van der Waals surface area contributed by atoms with Crippen molar-refractivity contribution >= 4 is 23.0 Å².